The van der Waals surface area contributed by atoms with Crippen molar-refractivity contribution in [3.63, 3.8) is 0 Å². The van der Waals surface area contributed by atoms with Crippen molar-refractivity contribution in [3.8, 4) is 11.1 Å². The van der Waals surface area contributed by atoms with Gasteiger partial charge in [0.15, 0.2) is 0 Å². The Balaban J connectivity index is 1.64. The molecule has 0 atom stereocenters. The van der Waals surface area contributed by atoms with Gasteiger partial charge in [0, 0.05) is 23.7 Å². The molecule has 0 spiro atoms. The first-order valence-corrected chi connectivity index (χ1v) is 9.53. The molecule has 5 heteroatoms. The number of benzene rings is 2. The van der Waals surface area contributed by atoms with Crippen LogP contribution in [0, 0.1) is 17.7 Å². The second kappa shape index (κ2) is 7.01. The average molecular weight is 373 g/mol. The summed E-state index contributed by atoms with van der Waals surface area (Å²) >= 11 is 6.20. The number of hydrogen-bond acceptors (Lipinski definition) is 2. The molecular formula is C21H22ClFN2O. The molecular weight excluding hydrogens is 351 g/mol. The molecule has 26 heavy (non-hydrogen) atoms. The molecule has 2 aliphatic rings. The highest BCUT2D eigenvalue weighted by atomic mass is 35.5. The van der Waals surface area contributed by atoms with Crippen LogP contribution < -0.4 is 11.1 Å². The van der Waals surface area contributed by atoms with Crippen LogP contribution in [0.1, 0.15) is 41.6 Å². The Morgan fingerprint density at radius 1 is 1.15 bits per heavy atom. The van der Waals surface area contributed by atoms with Crippen LogP contribution in [0.2, 0.25) is 5.02 Å². The summed E-state index contributed by atoms with van der Waals surface area (Å²) in [4.78, 5) is 12.9. The predicted molar refractivity (Wildman–Crippen MR) is 101 cm³/mol. The molecule has 2 saturated carbocycles. The third-order valence-corrected chi connectivity index (χ3v) is 5.60. The molecule has 0 heterocycles. The molecule has 4 rings (SSSR count). The Bertz CT molecular complexity index is 834. The molecule has 136 valence electrons. The molecule has 2 aromatic carbocycles. The first kappa shape index (κ1) is 17.5. The van der Waals surface area contributed by atoms with Crippen LogP contribution in [0.4, 0.5) is 4.39 Å². The van der Waals surface area contributed by atoms with E-state index in [1.165, 1.54) is 37.8 Å². The highest BCUT2D eigenvalue weighted by molar-refractivity contribution is 6.33. The summed E-state index contributed by atoms with van der Waals surface area (Å²) in [6, 6.07) is 10.1. The summed E-state index contributed by atoms with van der Waals surface area (Å²) in [6.45, 7) is 0.321. The van der Waals surface area contributed by atoms with Crippen molar-refractivity contribution >= 4 is 17.5 Å². The second-order valence-electron chi connectivity index (χ2n) is 7.42. The largest absolute Gasteiger partial charge is 0.349 e. The van der Waals surface area contributed by atoms with Gasteiger partial charge in [-0.25, -0.2) is 4.39 Å². The van der Waals surface area contributed by atoms with Gasteiger partial charge in [-0.1, -0.05) is 11.6 Å². The first-order chi connectivity index (χ1) is 12.5. The molecule has 3 N–H and O–H groups in total. The fourth-order valence-corrected chi connectivity index (χ4v) is 3.86. The van der Waals surface area contributed by atoms with Gasteiger partial charge in [-0.05, 0) is 85.0 Å². The summed E-state index contributed by atoms with van der Waals surface area (Å²) in [5.41, 5.74) is 8.72. The minimum Gasteiger partial charge on any atom is -0.349 e. The molecule has 3 nitrogen and oxygen atoms in total. The van der Waals surface area contributed by atoms with Gasteiger partial charge in [0.1, 0.15) is 5.82 Å². The van der Waals surface area contributed by atoms with Crippen LogP contribution in [0.15, 0.2) is 36.4 Å². The Morgan fingerprint density at radius 2 is 1.85 bits per heavy atom. The minimum atomic E-state index is -0.386. The lowest BCUT2D eigenvalue weighted by Crippen LogP contribution is -2.38. The van der Waals surface area contributed by atoms with E-state index in [9.17, 15) is 9.18 Å². The third kappa shape index (κ3) is 3.76. The van der Waals surface area contributed by atoms with E-state index in [4.69, 9.17) is 17.3 Å². The van der Waals surface area contributed by atoms with E-state index in [1.807, 2.05) is 18.2 Å². The fourth-order valence-electron chi connectivity index (χ4n) is 3.59. The van der Waals surface area contributed by atoms with E-state index < -0.39 is 0 Å². The van der Waals surface area contributed by atoms with Gasteiger partial charge in [0.2, 0.25) is 0 Å². The summed E-state index contributed by atoms with van der Waals surface area (Å²) in [5.74, 6) is 0.817. The first-order valence-electron chi connectivity index (χ1n) is 9.15. The van der Waals surface area contributed by atoms with Gasteiger partial charge in [-0.2, -0.15) is 0 Å². The van der Waals surface area contributed by atoms with Crippen molar-refractivity contribution in [1.82, 2.24) is 5.32 Å². The number of halogens is 2. The molecule has 0 unspecified atom stereocenters. The minimum absolute atomic E-state index is 0.0661. The summed E-state index contributed by atoms with van der Waals surface area (Å²) < 4.78 is 13.4. The number of rotatable bonds is 6. The number of hydrogen-bond donors (Lipinski definition) is 2. The monoisotopic (exact) mass is 372 g/mol. The lowest BCUT2D eigenvalue weighted by Gasteiger charge is -2.18. The van der Waals surface area contributed by atoms with Crippen molar-refractivity contribution in [3.05, 3.63) is 58.4 Å². The quantitative estimate of drug-likeness (QED) is 0.783. The average Bonchev–Trinajstić information content (AvgIpc) is 3.52. The van der Waals surface area contributed by atoms with Crippen LogP contribution >= 0.6 is 11.6 Å². The molecule has 0 aliphatic heterocycles. The van der Waals surface area contributed by atoms with Gasteiger partial charge >= 0.3 is 0 Å². The Morgan fingerprint density at radius 3 is 2.42 bits per heavy atom. The zero-order valence-corrected chi connectivity index (χ0v) is 15.2. The molecule has 0 radical (unpaired) electrons. The molecule has 0 aromatic heterocycles. The van der Waals surface area contributed by atoms with E-state index in [1.54, 1.807) is 6.07 Å². The fraction of sp³-hybridized carbons (Fsp3) is 0.381. The third-order valence-electron chi connectivity index (χ3n) is 5.29. The standard InChI is InChI=1S/C21H22ClFN2O/c22-19-10-17(23)5-6-18(19)15-7-12(11-24)8-16(9-15)21(26)25-20(13-1-2-13)14-3-4-14/h5-10,13-14,20H,1-4,11,24H2,(H,25,26). The van der Waals surface area contributed by atoms with Crippen molar-refractivity contribution in [2.24, 2.45) is 17.6 Å². The second-order valence-corrected chi connectivity index (χ2v) is 7.83. The summed E-state index contributed by atoms with van der Waals surface area (Å²) in [7, 11) is 0. The lowest BCUT2D eigenvalue weighted by atomic mass is 9.98. The maximum atomic E-state index is 13.4. The molecule has 2 fully saturated rings. The van der Waals surface area contributed by atoms with Crippen LogP contribution in [0.5, 0.6) is 0 Å². The van der Waals surface area contributed by atoms with E-state index in [2.05, 4.69) is 5.32 Å². The zero-order chi connectivity index (χ0) is 18.3. The smallest absolute Gasteiger partial charge is 0.251 e. The zero-order valence-electron chi connectivity index (χ0n) is 14.5. The van der Waals surface area contributed by atoms with Crippen LogP contribution in [-0.2, 0) is 6.54 Å². The Labute approximate surface area is 157 Å². The van der Waals surface area contributed by atoms with Crippen molar-refractivity contribution in [2.75, 3.05) is 0 Å². The number of nitrogens with two attached hydrogens (primary N) is 1. The molecule has 2 aliphatic carbocycles. The molecule has 1 amide bonds. The number of carbonyl (C=O) groups excluding carboxylic acids is 1. The molecule has 2 aromatic rings. The van der Waals surface area contributed by atoms with E-state index in [0.717, 1.165) is 11.1 Å². The topological polar surface area (TPSA) is 55.1 Å². The van der Waals surface area contributed by atoms with E-state index in [-0.39, 0.29) is 11.7 Å². The van der Waals surface area contributed by atoms with E-state index >= 15 is 0 Å². The van der Waals surface area contributed by atoms with Gasteiger partial charge < -0.3 is 11.1 Å². The van der Waals surface area contributed by atoms with E-state index in [0.29, 0.717) is 40.6 Å². The number of nitrogens with one attached hydrogen (secondary N) is 1. The van der Waals surface area contributed by atoms with Gasteiger partial charge in [0.05, 0.1) is 5.02 Å². The van der Waals surface area contributed by atoms with Gasteiger partial charge in [-0.15, -0.1) is 0 Å². The van der Waals surface area contributed by atoms with Crippen molar-refractivity contribution < 1.29 is 9.18 Å². The van der Waals surface area contributed by atoms with Crippen LogP contribution in [0.3, 0.4) is 0 Å². The highest BCUT2D eigenvalue weighted by Gasteiger charge is 2.42. The number of carbonyl (C=O) groups is 1. The molecule has 0 bridgehead atoms. The predicted octanol–water partition coefficient (Wildman–Crippen LogP) is 4.52. The SMILES string of the molecule is NCc1cc(C(=O)NC(C2CC2)C2CC2)cc(-c2ccc(F)cc2Cl)c1. The van der Waals surface area contributed by atoms with Gasteiger partial charge in [0.25, 0.3) is 5.91 Å². The maximum Gasteiger partial charge on any atom is 0.251 e. The van der Waals surface area contributed by atoms with Crippen LogP contribution in [-0.4, -0.2) is 11.9 Å². The Kier molecular flexibility index (Phi) is 4.72. The Hall–Kier alpha value is -1.91. The normalized spacial score (nSPS) is 16.8. The maximum absolute atomic E-state index is 13.4. The van der Waals surface area contributed by atoms with Crippen molar-refractivity contribution in [1.29, 1.82) is 0 Å². The summed E-state index contributed by atoms with van der Waals surface area (Å²) in [5, 5.41) is 3.56. The van der Waals surface area contributed by atoms with Gasteiger partial charge in [-0.3, -0.25) is 4.79 Å². The molecule has 0 saturated heterocycles. The summed E-state index contributed by atoms with van der Waals surface area (Å²) in [6.07, 6.45) is 4.84. The highest BCUT2D eigenvalue weighted by Crippen LogP contribution is 2.44. The van der Waals surface area contributed by atoms with Crippen LogP contribution in [0.25, 0.3) is 11.1 Å². The number of amides is 1. The van der Waals surface area contributed by atoms with Crippen molar-refractivity contribution in [2.45, 2.75) is 38.3 Å². The lowest BCUT2D eigenvalue weighted by molar-refractivity contribution is 0.0926.